The summed E-state index contributed by atoms with van der Waals surface area (Å²) in [5.41, 5.74) is 2.78. The van der Waals surface area contributed by atoms with Crippen LogP contribution in [0.15, 0.2) is 41.8 Å². The zero-order valence-corrected chi connectivity index (χ0v) is 39.7. The summed E-state index contributed by atoms with van der Waals surface area (Å²) in [6, 6.07) is 11.7. The predicted molar refractivity (Wildman–Crippen MR) is 250 cm³/mol. The zero-order chi connectivity index (χ0) is 46.2. The van der Waals surface area contributed by atoms with E-state index in [4.69, 9.17) is 23.7 Å². The first kappa shape index (κ1) is 52.3. The van der Waals surface area contributed by atoms with E-state index in [-0.39, 0.29) is 54.5 Å². The van der Waals surface area contributed by atoms with Gasteiger partial charge in [-0.1, -0.05) is 31.4 Å². The van der Waals surface area contributed by atoms with Crippen LogP contribution < -0.4 is 20.9 Å². The van der Waals surface area contributed by atoms with Gasteiger partial charge in [-0.15, -0.1) is 11.3 Å². The van der Waals surface area contributed by atoms with Crippen LogP contribution in [0.4, 0.5) is 5.69 Å². The molecule has 4 amide bonds. The highest BCUT2D eigenvalue weighted by atomic mass is 32.1. The quantitative estimate of drug-likeness (QED) is 0.0481. The van der Waals surface area contributed by atoms with E-state index in [1.54, 1.807) is 16.2 Å². The first-order chi connectivity index (χ1) is 30.8. The molecule has 1 aliphatic carbocycles. The summed E-state index contributed by atoms with van der Waals surface area (Å²) < 4.78 is 29.9. The number of likely N-dealkylation sites (N-methyl/N-ethyl adjacent to an activating group) is 1. The van der Waals surface area contributed by atoms with Crippen molar-refractivity contribution < 1.29 is 47.7 Å². The lowest BCUT2D eigenvalue weighted by molar-refractivity contribution is -0.156. The molecule has 2 aromatic heterocycles. The Balaban J connectivity index is 0.956. The van der Waals surface area contributed by atoms with Crippen LogP contribution in [-0.2, 0) is 49.4 Å². The van der Waals surface area contributed by atoms with Gasteiger partial charge in [-0.3, -0.25) is 24.0 Å². The minimum Gasteiger partial charge on any atom is -0.460 e. The van der Waals surface area contributed by atoms with Crippen molar-refractivity contribution in [1.29, 1.82) is 0 Å². The van der Waals surface area contributed by atoms with Gasteiger partial charge in [0, 0.05) is 43.7 Å². The maximum atomic E-state index is 13.6. The molecule has 16 heteroatoms. The van der Waals surface area contributed by atoms with Crippen molar-refractivity contribution in [2.45, 2.75) is 123 Å². The molecule has 2 heterocycles. The number of nitrogens with one attached hydrogen (secondary N) is 3. The van der Waals surface area contributed by atoms with Crippen LogP contribution in [0.3, 0.4) is 0 Å². The monoisotopic (exact) mass is 912 g/mol. The number of unbranched alkanes of at least 4 members (excludes halogenated alkanes) is 4. The third-order valence-corrected chi connectivity index (χ3v) is 11.7. The summed E-state index contributed by atoms with van der Waals surface area (Å²) in [4.78, 5) is 65.7. The molecule has 64 heavy (non-hydrogen) atoms. The number of hydrogen-bond acceptors (Lipinski definition) is 11. The van der Waals surface area contributed by atoms with Crippen LogP contribution in [0.5, 0.6) is 0 Å². The maximum Gasteiger partial charge on any atom is 0.308 e. The van der Waals surface area contributed by atoms with Crippen LogP contribution >= 0.6 is 11.3 Å². The van der Waals surface area contributed by atoms with Crippen molar-refractivity contribution in [2.24, 2.45) is 5.92 Å². The van der Waals surface area contributed by atoms with Crippen LogP contribution in [0.2, 0.25) is 0 Å². The Kier molecular flexibility index (Phi) is 23.3. The van der Waals surface area contributed by atoms with E-state index in [2.05, 4.69) is 16.0 Å². The zero-order valence-electron chi connectivity index (χ0n) is 38.8. The summed E-state index contributed by atoms with van der Waals surface area (Å²) in [6.07, 6.45) is 8.24. The first-order valence-electron chi connectivity index (χ1n) is 23.2. The third kappa shape index (κ3) is 19.4. The number of nitrogens with zero attached hydrogens (tertiary/aromatic N) is 2. The fraction of sp³-hybridized carbons (Fsp3) is 0.646. The van der Waals surface area contributed by atoms with E-state index >= 15 is 0 Å². The van der Waals surface area contributed by atoms with Gasteiger partial charge in [-0.25, -0.2) is 0 Å². The minimum atomic E-state index is -0.491. The van der Waals surface area contributed by atoms with Crippen LogP contribution in [0, 0.1) is 12.8 Å². The molecule has 1 saturated carbocycles. The molecule has 0 radical (unpaired) electrons. The molecule has 1 aromatic carbocycles. The molecule has 0 spiro atoms. The van der Waals surface area contributed by atoms with Gasteiger partial charge in [0.15, 0.2) is 0 Å². The lowest BCUT2D eigenvalue weighted by Crippen LogP contribution is -2.42. The van der Waals surface area contributed by atoms with Gasteiger partial charge in [-0.05, 0) is 108 Å². The number of thiophene rings is 1. The van der Waals surface area contributed by atoms with E-state index in [9.17, 15) is 24.0 Å². The van der Waals surface area contributed by atoms with Gasteiger partial charge in [-0.2, -0.15) is 0 Å². The van der Waals surface area contributed by atoms with Crippen molar-refractivity contribution in [3.8, 4) is 0 Å². The normalized spacial score (nSPS) is 15.2. The minimum absolute atomic E-state index is 0.0198. The van der Waals surface area contributed by atoms with E-state index in [0.29, 0.717) is 97.4 Å². The van der Waals surface area contributed by atoms with Crippen molar-refractivity contribution in [3.63, 3.8) is 0 Å². The molecular weight excluding hydrogens is 839 g/mol. The summed E-state index contributed by atoms with van der Waals surface area (Å²) >= 11 is 1.55. The number of anilines is 1. The Labute approximate surface area is 383 Å². The molecule has 4 rings (SSSR count). The number of carbonyl (C=O) groups is 5. The number of carbonyl (C=O) groups excluding carboxylic acids is 5. The number of amides is 4. The number of benzene rings is 1. The average Bonchev–Trinajstić information content (AvgIpc) is 3.85. The average molecular weight is 912 g/mol. The lowest BCUT2D eigenvalue weighted by Gasteiger charge is -2.28. The van der Waals surface area contributed by atoms with Crippen LogP contribution in [0.25, 0.3) is 10.2 Å². The Morgan fingerprint density at radius 2 is 1.42 bits per heavy atom. The fourth-order valence-electron chi connectivity index (χ4n) is 7.57. The van der Waals surface area contributed by atoms with E-state index < -0.39 is 5.60 Å². The second kappa shape index (κ2) is 28.5. The van der Waals surface area contributed by atoms with Gasteiger partial charge in [0.05, 0.1) is 69.5 Å². The largest absolute Gasteiger partial charge is 0.460 e. The molecule has 1 aliphatic rings. The second-order valence-electron chi connectivity index (χ2n) is 17.2. The van der Waals surface area contributed by atoms with Gasteiger partial charge >= 0.3 is 5.97 Å². The highest BCUT2D eigenvalue weighted by molar-refractivity contribution is 7.17. The topological polar surface area (TPSA) is 176 Å². The molecule has 3 N–H and O–H groups in total. The molecule has 15 nitrogen and oxygen atoms in total. The van der Waals surface area contributed by atoms with E-state index in [0.717, 1.165) is 66.4 Å². The summed E-state index contributed by atoms with van der Waals surface area (Å²) in [5, 5.41) is 11.2. The van der Waals surface area contributed by atoms with Gasteiger partial charge in [0.25, 0.3) is 5.91 Å². The van der Waals surface area contributed by atoms with Gasteiger partial charge in [0.1, 0.15) is 17.8 Å². The highest BCUT2D eigenvalue weighted by Crippen LogP contribution is 2.28. The SMILES string of the molecule is CCN(C(=O)Cn1c(C(=O)N[C@H]2CC[C@H](C(=O)NCCCCCCCC(=O)NCCOCCOCCOCCOCCC(=O)OC(C)(C)C)CC2)cc2sccc21)c1cccc(C)c1. The Morgan fingerprint density at radius 3 is 2.09 bits per heavy atom. The smallest absolute Gasteiger partial charge is 0.308 e. The number of esters is 1. The van der Waals surface area contributed by atoms with Crippen molar-refractivity contribution in [1.82, 2.24) is 20.5 Å². The van der Waals surface area contributed by atoms with Crippen LogP contribution in [-0.4, -0.2) is 118 Å². The molecule has 0 unspecified atom stereocenters. The number of fused-ring (bicyclic) bond motifs is 1. The Morgan fingerprint density at radius 1 is 0.766 bits per heavy atom. The van der Waals surface area contributed by atoms with Crippen molar-refractivity contribution in [3.05, 3.63) is 53.0 Å². The molecule has 1 fully saturated rings. The highest BCUT2D eigenvalue weighted by Gasteiger charge is 2.29. The molecule has 0 bridgehead atoms. The first-order valence-corrected chi connectivity index (χ1v) is 24.0. The lowest BCUT2D eigenvalue weighted by atomic mass is 9.85. The van der Waals surface area contributed by atoms with Gasteiger partial charge in [0.2, 0.25) is 17.7 Å². The molecule has 0 saturated heterocycles. The molecule has 0 aliphatic heterocycles. The molecule has 3 aromatic rings. The number of aryl methyl sites for hydroxylation is 1. The second-order valence-corrected chi connectivity index (χ2v) is 18.2. The molecule has 0 atom stereocenters. The van der Waals surface area contributed by atoms with Gasteiger partial charge < -0.3 is 49.1 Å². The van der Waals surface area contributed by atoms with Crippen molar-refractivity contribution >= 4 is 56.8 Å². The fourth-order valence-corrected chi connectivity index (χ4v) is 8.39. The standard InChI is InChI=1S/C48H73N5O10S/c1-6-52(39-14-12-13-36(2)33-39)44(55)35-53-40-21-32-64-42(40)34-41(53)47(58)51-38-18-16-37(17-19-38)46(57)50-22-11-9-7-8-10-15-43(54)49-23-25-60-27-29-62-31-30-61-28-26-59-24-20-45(56)63-48(3,4)5/h12-14,21,32-34,37-38H,6-11,15-20,22-31,35H2,1-5H3,(H,49,54)(H,50,57)(H,51,58)/t37-,38-. The Hall–Kier alpha value is -4.35. The molecule has 356 valence electrons. The number of rotatable bonds is 30. The summed E-state index contributed by atoms with van der Waals surface area (Å²) in [6.45, 7) is 14.4. The third-order valence-electron chi connectivity index (χ3n) is 10.8. The summed E-state index contributed by atoms with van der Waals surface area (Å²) in [5.74, 6) is -0.512. The number of ether oxygens (including phenoxy) is 5. The van der Waals surface area contributed by atoms with E-state index in [1.807, 2.05) is 81.0 Å². The van der Waals surface area contributed by atoms with Crippen LogP contribution in [0.1, 0.15) is 114 Å². The molecular formula is C48H73N5O10S. The van der Waals surface area contributed by atoms with Crippen molar-refractivity contribution in [2.75, 3.05) is 77.4 Å². The predicted octanol–water partition coefficient (Wildman–Crippen LogP) is 6.72. The van der Waals surface area contributed by atoms with E-state index in [1.165, 1.54) is 0 Å². The summed E-state index contributed by atoms with van der Waals surface area (Å²) in [7, 11) is 0. The Bertz CT molecular complexity index is 1880. The number of hydrogen-bond donors (Lipinski definition) is 3. The maximum absolute atomic E-state index is 13.6. The number of aromatic nitrogens is 1.